The molecule has 3 heterocycles. The second-order valence-electron chi connectivity index (χ2n) is 7.19. The molecule has 8 heteroatoms. The maximum Gasteiger partial charge on any atom is 0.248 e. The number of pyridine rings is 1. The molecular formula is C22H20FN7. The van der Waals surface area contributed by atoms with E-state index in [1.165, 1.54) is 0 Å². The van der Waals surface area contributed by atoms with Crippen molar-refractivity contribution in [2.45, 2.75) is 32.4 Å². The highest BCUT2D eigenvalue weighted by molar-refractivity contribution is 5.66. The minimum atomic E-state index is -0.561. The lowest BCUT2D eigenvalue weighted by Crippen LogP contribution is -2.12. The number of benzene rings is 1. The second-order valence-corrected chi connectivity index (χ2v) is 7.19. The third-order valence-electron chi connectivity index (χ3n) is 5.24. The molecule has 30 heavy (non-hydrogen) atoms. The molecule has 0 atom stereocenters. The Hall–Kier alpha value is -3.68. The molecule has 1 aliphatic rings. The average molecular weight is 401 g/mol. The topological polar surface area (TPSA) is 92.3 Å². The first-order valence-electron chi connectivity index (χ1n) is 9.95. The maximum atomic E-state index is 13.5. The molecule has 1 aliphatic carbocycles. The molecule has 7 nitrogen and oxygen atoms in total. The van der Waals surface area contributed by atoms with Crippen LogP contribution in [0.2, 0.25) is 0 Å². The summed E-state index contributed by atoms with van der Waals surface area (Å²) < 4.78 is 13.5. The van der Waals surface area contributed by atoms with Crippen molar-refractivity contribution in [3.05, 3.63) is 65.6 Å². The number of anilines is 2. The number of fused-ring (bicyclic) bond motifs is 1. The summed E-state index contributed by atoms with van der Waals surface area (Å²) in [4.78, 5) is 18.2. The standard InChI is InChI=1S/C22H20FN7/c23-12-14-6-1-2-8-16(14)20-25-18-10-4-3-9-17(18)21(26-20)28-22-27-19(29-30-22)15-7-5-11-24-13-15/h1-2,5-8,11,13H,3-4,9-10,12H2,(H2,25,26,27,28,29,30). The summed E-state index contributed by atoms with van der Waals surface area (Å²) in [7, 11) is 0. The van der Waals surface area contributed by atoms with Crippen LogP contribution in [0.4, 0.5) is 16.2 Å². The average Bonchev–Trinajstić information content (AvgIpc) is 3.28. The quantitative estimate of drug-likeness (QED) is 0.514. The van der Waals surface area contributed by atoms with Gasteiger partial charge in [0.25, 0.3) is 0 Å². The van der Waals surface area contributed by atoms with Crippen LogP contribution in [0.1, 0.15) is 29.7 Å². The number of aromatic nitrogens is 6. The smallest absolute Gasteiger partial charge is 0.248 e. The van der Waals surface area contributed by atoms with Gasteiger partial charge < -0.3 is 5.32 Å². The summed E-state index contributed by atoms with van der Waals surface area (Å²) in [5.41, 5.74) is 4.22. The fourth-order valence-corrected chi connectivity index (χ4v) is 3.73. The van der Waals surface area contributed by atoms with E-state index in [2.05, 4.69) is 25.5 Å². The van der Waals surface area contributed by atoms with Gasteiger partial charge in [0.1, 0.15) is 12.5 Å². The van der Waals surface area contributed by atoms with Crippen molar-refractivity contribution < 1.29 is 4.39 Å². The van der Waals surface area contributed by atoms with Crippen LogP contribution in [0.15, 0.2) is 48.8 Å². The molecule has 3 aromatic heterocycles. The van der Waals surface area contributed by atoms with Gasteiger partial charge in [-0.05, 0) is 43.4 Å². The number of H-pyrrole nitrogens is 1. The number of hydrogen-bond acceptors (Lipinski definition) is 6. The summed E-state index contributed by atoms with van der Waals surface area (Å²) >= 11 is 0. The van der Waals surface area contributed by atoms with Crippen LogP contribution in [0.3, 0.4) is 0 Å². The molecule has 1 aromatic carbocycles. The summed E-state index contributed by atoms with van der Waals surface area (Å²) in [6.07, 6.45) is 7.38. The maximum absolute atomic E-state index is 13.5. The van der Waals surface area contributed by atoms with Gasteiger partial charge in [-0.1, -0.05) is 24.3 Å². The predicted molar refractivity (Wildman–Crippen MR) is 112 cm³/mol. The summed E-state index contributed by atoms with van der Waals surface area (Å²) in [5.74, 6) is 2.25. The first kappa shape index (κ1) is 18.4. The van der Waals surface area contributed by atoms with E-state index in [4.69, 9.17) is 9.97 Å². The monoisotopic (exact) mass is 401 g/mol. The van der Waals surface area contributed by atoms with Crippen molar-refractivity contribution in [3.63, 3.8) is 0 Å². The predicted octanol–water partition coefficient (Wildman–Crippen LogP) is 4.42. The van der Waals surface area contributed by atoms with Gasteiger partial charge in [0, 0.05) is 34.8 Å². The molecule has 5 rings (SSSR count). The highest BCUT2D eigenvalue weighted by atomic mass is 19.1. The van der Waals surface area contributed by atoms with Crippen LogP contribution in [0.25, 0.3) is 22.8 Å². The molecule has 0 saturated heterocycles. The van der Waals surface area contributed by atoms with Crippen LogP contribution < -0.4 is 5.32 Å². The third-order valence-corrected chi connectivity index (χ3v) is 5.24. The Morgan fingerprint density at radius 1 is 1.00 bits per heavy atom. The Labute approximate surface area is 172 Å². The summed E-state index contributed by atoms with van der Waals surface area (Å²) in [6.45, 7) is -0.561. The summed E-state index contributed by atoms with van der Waals surface area (Å²) in [5, 5.41) is 10.5. The first-order valence-corrected chi connectivity index (χ1v) is 9.95. The van der Waals surface area contributed by atoms with E-state index in [0.29, 0.717) is 34.5 Å². The summed E-state index contributed by atoms with van der Waals surface area (Å²) in [6, 6.07) is 11.1. The SMILES string of the molecule is FCc1ccccc1-c1nc2c(c(Nc3n[nH]c(-c4cccnc4)n3)n1)CCCC2. The van der Waals surface area contributed by atoms with Crippen molar-refractivity contribution in [2.75, 3.05) is 5.32 Å². The normalized spacial score (nSPS) is 13.1. The second kappa shape index (κ2) is 7.98. The molecule has 4 aromatic rings. The number of aryl methyl sites for hydroxylation is 1. The first-order chi connectivity index (χ1) is 14.8. The minimum Gasteiger partial charge on any atom is -0.307 e. The molecule has 0 bridgehead atoms. The van der Waals surface area contributed by atoms with Gasteiger partial charge in [-0.2, -0.15) is 4.98 Å². The zero-order chi connectivity index (χ0) is 20.3. The Morgan fingerprint density at radius 2 is 1.90 bits per heavy atom. The largest absolute Gasteiger partial charge is 0.307 e. The van der Waals surface area contributed by atoms with Crippen molar-refractivity contribution >= 4 is 11.8 Å². The van der Waals surface area contributed by atoms with Crippen LogP contribution in [-0.2, 0) is 19.5 Å². The molecule has 0 spiro atoms. The lowest BCUT2D eigenvalue weighted by Gasteiger charge is -2.19. The lowest BCUT2D eigenvalue weighted by atomic mass is 9.96. The van der Waals surface area contributed by atoms with Crippen molar-refractivity contribution in [1.29, 1.82) is 0 Å². The van der Waals surface area contributed by atoms with Gasteiger partial charge in [0.05, 0.1) is 0 Å². The van der Waals surface area contributed by atoms with Gasteiger partial charge >= 0.3 is 0 Å². The highest BCUT2D eigenvalue weighted by Gasteiger charge is 2.20. The van der Waals surface area contributed by atoms with E-state index in [1.54, 1.807) is 18.5 Å². The van der Waals surface area contributed by atoms with E-state index in [1.807, 2.05) is 30.3 Å². The number of nitrogens with one attached hydrogen (secondary N) is 2. The molecule has 0 radical (unpaired) electrons. The molecule has 0 amide bonds. The van der Waals surface area contributed by atoms with Crippen LogP contribution >= 0.6 is 0 Å². The third kappa shape index (κ3) is 3.52. The van der Waals surface area contributed by atoms with Crippen molar-refractivity contribution in [3.8, 4) is 22.8 Å². The fourth-order valence-electron chi connectivity index (χ4n) is 3.73. The molecule has 0 fully saturated rings. The molecule has 2 N–H and O–H groups in total. The van der Waals surface area contributed by atoms with Gasteiger partial charge in [-0.3, -0.25) is 10.1 Å². The molecular weight excluding hydrogens is 381 g/mol. The lowest BCUT2D eigenvalue weighted by molar-refractivity contribution is 0.486. The van der Waals surface area contributed by atoms with Gasteiger partial charge in [-0.25, -0.2) is 14.4 Å². The number of aromatic amines is 1. The highest BCUT2D eigenvalue weighted by Crippen LogP contribution is 2.31. The number of alkyl halides is 1. The van der Waals surface area contributed by atoms with Crippen LogP contribution in [0, 0.1) is 0 Å². The van der Waals surface area contributed by atoms with Gasteiger partial charge in [0.2, 0.25) is 5.95 Å². The molecule has 0 saturated carbocycles. The number of hydrogen-bond donors (Lipinski definition) is 2. The minimum absolute atomic E-state index is 0.421. The van der Waals surface area contributed by atoms with Crippen LogP contribution in [-0.4, -0.2) is 30.1 Å². The zero-order valence-electron chi connectivity index (χ0n) is 16.3. The Bertz CT molecular complexity index is 1170. The van der Waals surface area contributed by atoms with E-state index < -0.39 is 6.67 Å². The fraction of sp³-hybridized carbons (Fsp3) is 0.227. The van der Waals surface area contributed by atoms with E-state index >= 15 is 0 Å². The molecule has 150 valence electrons. The Balaban J connectivity index is 1.54. The Morgan fingerprint density at radius 3 is 2.77 bits per heavy atom. The van der Waals surface area contributed by atoms with E-state index in [-0.39, 0.29) is 0 Å². The van der Waals surface area contributed by atoms with E-state index in [0.717, 1.165) is 42.5 Å². The molecule has 0 unspecified atom stereocenters. The molecule has 0 aliphatic heterocycles. The van der Waals surface area contributed by atoms with Crippen molar-refractivity contribution in [1.82, 2.24) is 30.1 Å². The Kier molecular flexibility index (Phi) is 4.88. The zero-order valence-corrected chi connectivity index (χ0v) is 16.3. The van der Waals surface area contributed by atoms with Gasteiger partial charge in [-0.15, -0.1) is 5.10 Å². The van der Waals surface area contributed by atoms with Gasteiger partial charge in [0.15, 0.2) is 11.6 Å². The number of nitrogens with zero attached hydrogens (tertiary/aromatic N) is 5. The van der Waals surface area contributed by atoms with Crippen molar-refractivity contribution in [2.24, 2.45) is 0 Å². The van der Waals surface area contributed by atoms with Crippen LogP contribution in [0.5, 0.6) is 0 Å². The number of rotatable bonds is 5. The number of halogens is 1. The van der Waals surface area contributed by atoms with E-state index in [9.17, 15) is 4.39 Å².